The van der Waals surface area contributed by atoms with Crippen molar-refractivity contribution < 1.29 is 5.11 Å². The van der Waals surface area contributed by atoms with E-state index in [2.05, 4.69) is 115 Å². The number of aromatic hydroxyl groups is 1. The molecule has 0 saturated carbocycles. The first kappa shape index (κ1) is 26.9. The molecule has 2 N–H and O–H groups in total. The van der Waals surface area contributed by atoms with Crippen LogP contribution >= 0.6 is 0 Å². The standard InChI is InChI=1S/C40H32N4O/c1-40(2,3)29-22-28-20-21-41-36(28)32(24-29)39-43-38-31(33-19-18-26-12-8-17-35(45)37(26)42-33)15-9-16-34(38)44(39)30-14-7-13-27(23-30)25-10-5-4-6-11-25/h4-24,41,45H,1-3H3. The Bertz CT molecular complexity index is 2370. The number of benzene rings is 5. The van der Waals surface area contributed by atoms with Gasteiger partial charge in [0, 0.05) is 33.8 Å². The van der Waals surface area contributed by atoms with Crippen molar-refractivity contribution in [3.05, 3.63) is 133 Å². The number of phenols is 1. The summed E-state index contributed by atoms with van der Waals surface area (Å²) in [5.41, 5.74) is 10.7. The van der Waals surface area contributed by atoms with E-state index in [-0.39, 0.29) is 11.2 Å². The molecule has 0 amide bonds. The molecule has 5 nitrogen and oxygen atoms in total. The fraction of sp³-hybridized carbons (Fsp3) is 0.100. The van der Waals surface area contributed by atoms with E-state index < -0.39 is 0 Å². The fourth-order valence-corrected chi connectivity index (χ4v) is 6.27. The largest absolute Gasteiger partial charge is 0.506 e. The number of aromatic nitrogens is 4. The van der Waals surface area contributed by atoms with Gasteiger partial charge in [0.25, 0.3) is 0 Å². The number of phenolic OH excluding ortho intramolecular Hbond substituents is 1. The highest BCUT2D eigenvalue weighted by Crippen LogP contribution is 2.39. The molecule has 3 aromatic heterocycles. The lowest BCUT2D eigenvalue weighted by Gasteiger charge is -2.21. The SMILES string of the molecule is CC(C)(C)c1cc(-c2nc3c(-c4ccc5cccc(O)c5n4)cccc3n2-c2cccc(-c3ccccc3)c2)c2[nH]ccc2c1. The van der Waals surface area contributed by atoms with Crippen molar-refractivity contribution in [2.24, 2.45) is 0 Å². The molecule has 0 saturated heterocycles. The van der Waals surface area contributed by atoms with Crippen LogP contribution in [0.4, 0.5) is 0 Å². The summed E-state index contributed by atoms with van der Waals surface area (Å²) in [6, 6.07) is 41.5. The Hall–Kier alpha value is -5.68. The lowest BCUT2D eigenvalue weighted by atomic mass is 9.85. The van der Waals surface area contributed by atoms with Crippen LogP contribution in [0.25, 0.3) is 72.3 Å². The van der Waals surface area contributed by atoms with Gasteiger partial charge in [0.1, 0.15) is 17.1 Å². The van der Waals surface area contributed by atoms with Gasteiger partial charge >= 0.3 is 0 Å². The van der Waals surface area contributed by atoms with Crippen LogP contribution in [-0.2, 0) is 5.41 Å². The molecule has 0 bridgehead atoms. The minimum atomic E-state index is -0.0491. The van der Waals surface area contributed by atoms with Gasteiger partial charge in [-0.15, -0.1) is 0 Å². The number of imidazole rings is 1. The topological polar surface area (TPSA) is 66.7 Å². The normalized spacial score (nSPS) is 12.0. The van der Waals surface area contributed by atoms with Gasteiger partial charge in [0.05, 0.1) is 22.2 Å². The summed E-state index contributed by atoms with van der Waals surface area (Å²) in [6.07, 6.45) is 2.00. The molecule has 8 rings (SSSR count). The second kappa shape index (κ2) is 10.2. The van der Waals surface area contributed by atoms with Gasteiger partial charge in [-0.1, -0.05) is 93.6 Å². The second-order valence-electron chi connectivity index (χ2n) is 12.6. The molecule has 5 aromatic carbocycles. The number of para-hydroxylation sites is 2. The molecule has 0 fully saturated rings. The molecule has 3 heterocycles. The van der Waals surface area contributed by atoms with Crippen molar-refractivity contribution in [2.75, 3.05) is 0 Å². The minimum absolute atomic E-state index is 0.0491. The Morgan fingerprint density at radius 3 is 2.29 bits per heavy atom. The minimum Gasteiger partial charge on any atom is -0.506 e. The Morgan fingerprint density at radius 1 is 0.644 bits per heavy atom. The first-order valence-electron chi connectivity index (χ1n) is 15.2. The lowest BCUT2D eigenvalue weighted by molar-refractivity contribution is 0.480. The third-order valence-corrected chi connectivity index (χ3v) is 8.64. The highest BCUT2D eigenvalue weighted by molar-refractivity contribution is 6.00. The smallest absolute Gasteiger partial charge is 0.147 e. The molecule has 0 aliphatic rings. The molecule has 0 radical (unpaired) electrons. The van der Waals surface area contributed by atoms with E-state index in [4.69, 9.17) is 9.97 Å². The molecular formula is C40H32N4O. The zero-order valence-corrected chi connectivity index (χ0v) is 25.4. The maximum absolute atomic E-state index is 10.6. The average Bonchev–Trinajstić information content (AvgIpc) is 3.70. The molecule has 5 heteroatoms. The third kappa shape index (κ3) is 4.56. The summed E-state index contributed by atoms with van der Waals surface area (Å²) in [5, 5.41) is 12.7. The first-order valence-corrected chi connectivity index (χ1v) is 15.2. The molecule has 218 valence electrons. The van der Waals surface area contributed by atoms with Gasteiger partial charge < -0.3 is 10.1 Å². The van der Waals surface area contributed by atoms with Crippen molar-refractivity contribution >= 4 is 32.8 Å². The number of aromatic amines is 1. The van der Waals surface area contributed by atoms with E-state index in [1.54, 1.807) is 6.07 Å². The summed E-state index contributed by atoms with van der Waals surface area (Å²) < 4.78 is 2.27. The molecule has 45 heavy (non-hydrogen) atoms. The average molecular weight is 585 g/mol. The van der Waals surface area contributed by atoms with Crippen molar-refractivity contribution in [3.63, 3.8) is 0 Å². The lowest BCUT2D eigenvalue weighted by Crippen LogP contribution is -2.11. The molecule has 8 aromatic rings. The van der Waals surface area contributed by atoms with Crippen LogP contribution in [0.1, 0.15) is 26.3 Å². The van der Waals surface area contributed by atoms with E-state index >= 15 is 0 Å². The van der Waals surface area contributed by atoms with Gasteiger partial charge in [0.15, 0.2) is 0 Å². The Balaban J connectivity index is 1.44. The number of nitrogens with zero attached hydrogens (tertiary/aromatic N) is 3. The van der Waals surface area contributed by atoms with Crippen LogP contribution < -0.4 is 0 Å². The number of hydrogen-bond donors (Lipinski definition) is 2. The van der Waals surface area contributed by atoms with Crippen LogP contribution in [0, 0.1) is 0 Å². The quantitative estimate of drug-likeness (QED) is 0.216. The van der Waals surface area contributed by atoms with Crippen LogP contribution in [0.2, 0.25) is 0 Å². The number of hydrogen-bond acceptors (Lipinski definition) is 3. The van der Waals surface area contributed by atoms with Crippen molar-refractivity contribution in [3.8, 4) is 45.2 Å². The maximum atomic E-state index is 10.6. The fourth-order valence-electron chi connectivity index (χ4n) is 6.27. The van der Waals surface area contributed by atoms with Crippen LogP contribution in [-0.4, -0.2) is 24.6 Å². The number of rotatable bonds is 4. The van der Waals surface area contributed by atoms with E-state index in [0.29, 0.717) is 5.52 Å². The number of nitrogens with one attached hydrogen (secondary N) is 1. The van der Waals surface area contributed by atoms with Crippen LogP contribution in [0.5, 0.6) is 5.75 Å². The van der Waals surface area contributed by atoms with Gasteiger partial charge in [-0.2, -0.15) is 0 Å². The summed E-state index contributed by atoms with van der Waals surface area (Å²) in [5.74, 6) is 1.02. The summed E-state index contributed by atoms with van der Waals surface area (Å²) in [4.78, 5) is 13.9. The molecule has 0 spiro atoms. The summed E-state index contributed by atoms with van der Waals surface area (Å²) >= 11 is 0. The Kier molecular flexibility index (Phi) is 6.10. The van der Waals surface area contributed by atoms with E-state index in [1.807, 2.05) is 36.5 Å². The Labute approximate surface area is 261 Å². The zero-order valence-electron chi connectivity index (χ0n) is 25.4. The van der Waals surface area contributed by atoms with Crippen molar-refractivity contribution in [1.29, 1.82) is 0 Å². The first-order chi connectivity index (χ1) is 21.8. The monoisotopic (exact) mass is 584 g/mol. The molecule has 0 unspecified atom stereocenters. The predicted molar refractivity (Wildman–Crippen MR) is 185 cm³/mol. The van der Waals surface area contributed by atoms with Crippen molar-refractivity contribution in [1.82, 2.24) is 19.5 Å². The van der Waals surface area contributed by atoms with Gasteiger partial charge in [0.2, 0.25) is 0 Å². The third-order valence-electron chi connectivity index (χ3n) is 8.64. The van der Waals surface area contributed by atoms with Crippen LogP contribution in [0.3, 0.4) is 0 Å². The Morgan fingerprint density at radius 2 is 1.44 bits per heavy atom. The summed E-state index contributed by atoms with van der Waals surface area (Å²) in [7, 11) is 0. The number of pyridine rings is 1. The number of H-pyrrole nitrogens is 1. The molecule has 0 aliphatic carbocycles. The van der Waals surface area contributed by atoms with E-state index in [1.165, 1.54) is 5.56 Å². The molecular weight excluding hydrogens is 552 g/mol. The van der Waals surface area contributed by atoms with Gasteiger partial charge in [-0.05, 0) is 70.6 Å². The summed E-state index contributed by atoms with van der Waals surface area (Å²) in [6.45, 7) is 6.74. The van der Waals surface area contributed by atoms with Crippen LogP contribution in [0.15, 0.2) is 128 Å². The molecule has 0 aliphatic heterocycles. The van der Waals surface area contributed by atoms with Gasteiger partial charge in [-0.3, -0.25) is 4.57 Å². The second-order valence-corrected chi connectivity index (χ2v) is 12.6. The maximum Gasteiger partial charge on any atom is 0.147 e. The zero-order chi connectivity index (χ0) is 30.7. The van der Waals surface area contributed by atoms with E-state index in [9.17, 15) is 5.11 Å². The van der Waals surface area contributed by atoms with Crippen molar-refractivity contribution in [2.45, 2.75) is 26.2 Å². The highest BCUT2D eigenvalue weighted by atomic mass is 16.3. The highest BCUT2D eigenvalue weighted by Gasteiger charge is 2.23. The number of fused-ring (bicyclic) bond motifs is 3. The predicted octanol–water partition coefficient (Wildman–Crippen LogP) is 10.1. The van der Waals surface area contributed by atoms with Gasteiger partial charge in [-0.25, -0.2) is 9.97 Å². The molecule has 0 atom stereocenters. The van der Waals surface area contributed by atoms with E-state index in [0.717, 1.165) is 66.8 Å².